The molecule has 0 spiro atoms. The summed E-state index contributed by atoms with van der Waals surface area (Å²) in [5, 5.41) is 4.42. The van der Waals surface area contributed by atoms with Crippen LogP contribution in [0.2, 0.25) is 5.02 Å². The molecule has 6 nitrogen and oxygen atoms in total. The second kappa shape index (κ2) is 7.58. The van der Waals surface area contributed by atoms with Gasteiger partial charge in [0.1, 0.15) is 0 Å². The van der Waals surface area contributed by atoms with Crippen LogP contribution in [0, 0.1) is 0 Å². The predicted octanol–water partition coefficient (Wildman–Crippen LogP) is 4.03. The summed E-state index contributed by atoms with van der Waals surface area (Å²) < 4.78 is 15.9. The van der Waals surface area contributed by atoms with Crippen LogP contribution in [-0.4, -0.2) is 32.2 Å². The van der Waals surface area contributed by atoms with Crippen molar-refractivity contribution in [3.05, 3.63) is 47.1 Å². The van der Waals surface area contributed by atoms with E-state index in [2.05, 4.69) is 10.3 Å². The first kappa shape index (κ1) is 17.9. The third kappa shape index (κ3) is 3.55. The van der Waals surface area contributed by atoms with Gasteiger partial charge in [-0.3, -0.25) is 4.79 Å². The number of anilines is 1. The number of hydrogen-bond acceptors (Lipinski definition) is 4. The van der Waals surface area contributed by atoms with Gasteiger partial charge in [0.15, 0.2) is 11.5 Å². The summed E-state index contributed by atoms with van der Waals surface area (Å²) in [6.45, 7) is 0. The lowest BCUT2D eigenvalue weighted by molar-refractivity contribution is -0.115. The highest BCUT2D eigenvalue weighted by atomic mass is 35.5. The largest absolute Gasteiger partial charge is 0.493 e. The quantitative estimate of drug-likeness (QED) is 0.683. The van der Waals surface area contributed by atoms with E-state index in [1.54, 1.807) is 18.2 Å². The first-order chi connectivity index (χ1) is 12.5. The Hall–Kier alpha value is -2.86. The molecule has 0 unspecified atom stereocenters. The molecule has 3 aromatic rings. The van der Waals surface area contributed by atoms with E-state index in [4.69, 9.17) is 25.8 Å². The Balaban J connectivity index is 1.82. The first-order valence-electron chi connectivity index (χ1n) is 7.91. The average molecular weight is 375 g/mol. The lowest BCUT2D eigenvalue weighted by atomic mass is 10.1. The van der Waals surface area contributed by atoms with Crippen molar-refractivity contribution in [2.24, 2.45) is 0 Å². The fraction of sp³-hybridized carbons (Fsp3) is 0.211. The van der Waals surface area contributed by atoms with E-state index in [1.807, 2.05) is 18.3 Å². The zero-order chi connectivity index (χ0) is 18.7. The van der Waals surface area contributed by atoms with E-state index in [9.17, 15) is 4.79 Å². The molecule has 1 aromatic heterocycles. The van der Waals surface area contributed by atoms with E-state index >= 15 is 0 Å². The van der Waals surface area contributed by atoms with E-state index in [0.29, 0.717) is 28.0 Å². The SMILES string of the molecule is COc1cc(NC(=O)Cc2c[nH]c3ccc(Cl)cc23)cc(OC)c1OC. The van der Waals surface area contributed by atoms with Gasteiger partial charge in [0.05, 0.1) is 27.8 Å². The molecule has 136 valence electrons. The molecule has 3 rings (SSSR count). The van der Waals surface area contributed by atoms with Gasteiger partial charge in [-0.15, -0.1) is 0 Å². The number of methoxy groups -OCH3 is 3. The summed E-state index contributed by atoms with van der Waals surface area (Å²) in [4.78, 5) is 15.6. The van der Waals surface area contributed by atoms with Gasteiger partial charge in [0.25, 0.3) is 0 Å². The Morgan fingerprint density at radius 3 is 2.38 bits per heavy atom. The second-order valence-electron chi connectivity index (χ2n) is 5.64. The maximum absolute atomic E-state index is 12.5. The van der Waals surface area contributed by atoms with Gasteiger partial charge >= 0.3 is 0 Å². The third-order valence-corrected chi connectivity index (χ3v) is 4.26. The molecular weight excluding hydrogens is 356 g/mol. The van der Waals surface area contributed by atoms with Gasteiger partial charge in [0, 0.05) is 39.9 Å². The Kier molecular flexibility index (Phi) is 5.23. The Bertz CT molecular complexity index is 927. The number of aromatic amines is 1. The van der Waals surface area contributed by atoms with Gasteiger partial charge in [-0.2, -0.15) is 0 Å². The maximum atomic E-state index is 12.5. The highest BCUT2D eigenvalue weighted by Gasteiger charge is 2.15. The van der Waals surface area contributed by atoms with Crippen molar-refractivity contribution in [3.63, 3.8) is 0 Å². The molecule has 0 aliphatic heterocycles. The minimum Gasteiger partial charge on any atom is -0.493 e. The van der Waals surface area contributed by atoms with Gasteiger partial charge in [-0.05, 0) is 23.8 Å². The molecule has 0 atom stereocenters. The van der Waals surface area contributed by atoms with Crippen LogP contribution in [-0.2, 0) is 11.2 Å². The zero-order valence-corrected chi connectivity index (χ0v) is 15.4. The van der Waals surface area contributed by atoms with Crippen LogP contribution in [0.25, 0.3) is 10.9 Å². The fourth-order valence-electron chi connectivity index (χ4n) is 2.83. The molecule has 0 radical (unpaired) electrons. The molecule has 2 N–H and O–H groups in total. The highest BCUT2D eigenvalue weighted by Crippen LogP contribution is 2.40. The minimum atomic E-state index is -0.167. The number of hydrogen-bond donors (Lipinski definition) is 2. The van der Waals surface area contributed by atoms with Gasteiger partial charge < -0.3 is 24.5 Å². The monoisotopic (exact) mass is 374 g/mol. The molecule has 7 heteroatoms. The number of fused-ring (bicyclic) bond motifs is 1. The summed E-state index contributed by atoms with van der Waals surface area (Å²) in [6.07, 6.45) is 2.02. The van der Waals surface area contributed by atoms with Crippen LogP contribution in [0.15, 0.2) is 36.5 Å². The molecule has 0 fully saturated rings. The van der Waals surface area contributed by atoms with E-state index in [-0.39, 0.29) is 12.3 Å². The van der Waals surface area contributed by atoms with Gasteiger partial charge in [0.2, 0.25) is 11.7 Å². The van der Waals surface area contributed by atoms with Crippen LogP contribution in [0.5, 0.6) is 17.2 Å². The van der Waals surface area contributed by atoms with Gasteiger partial charge in [-0.25, -0.2) is 0 Å². The standard InChI is InChI=1S/C19H19ClN2O4/c1-24-16-8-13(9-17(25-2)19(16)26-3)22-18(23)6-11-10-21-15-5-4-12(20)7-14(11)15/h4-5,7-10,21H,6H2,1-3H3,(H,22,23). The number of H-pyrrole nitrogens is 1. The Labute approximate surface area is 156 Å². The molecule has 1 heterocycles. The molecule has 0 bridgehead atoms. The molecule has 26 heavy (non-hydrogen) atoms. The van der Waals surface area contributed by atoms with Crippen molar-refractivity contribution >= 4 is 34.1 Å². The molecule has 0 aliphatic carbocycles. The summed E-state index contributed by atoms with van der Waals surface area (Å²) in [5.74, 6) is 1.25. The Morgan fingerprint density at radius 1 is 1.08 bits per heavy atom. The molecule has 0 aliphatic rings. The summed E-state index contributed by atoms with van der Waals surface area (Å²) >= 11 is 6.06. The maximum Gasteiger partial charge on any atom is 0.228 e. The molecule has 1 amide bonds. The third-order valence-electron chi connectivity index (χ3n) is 4.03. The summed E-state index contributed by atoms with van der Waals surface area (Å²) in [6, 6.07) is 8.91. The Morgan fingerprint density at radius 2 is 1.77 bits per heavy atom. The number of ether oxygens (including phenoxy) is 3. The molecule has 2 aromatic carbocycles. The van der Waals surface area contributed by atoms with Crippen molar-refractivity contribution in [2.45, 2.75) is 6.42 Å². The molecular formula is C19H19ClN2O4. The first-order valence-corrected chi connectivity index (χ1v) is 8.29. The number of carbonyl (C=O) groups is 1. The number of halogens is 1. The van der Waals surface area contributed by atoms with Crippen molar-refractivity contribution in [3.8, 4) is 17.2 Å². The lowest BCUT2D eigenvalue weighted by Crippen LogP contribution is -2.14. The number of benzene rings is 2. The van der Waals surface area contributed by atoms with Crippen molar-refractivity contribution in [1.29, 1.82) is 0 Å². The minimum absolute atomic E-state index is 0.167. The van der Waals surface area contributed by atoms with Crippen molar-refractivity contribution in [1.82, 2.24) is 4.98 Å². The highest BCUT2D eigenvalue weighted by molar-refractivity contribution is 6.31. The average Bonchev–Trinajstić information content (AvgIpc) is 3.02. The van der Waals surface area contributed by atoms with Crippen LogP contribution < -0.4 is 19.5 Å². The normalized spacial score (nSPS) is 10.6. The number of amides is 1. The van der Waals surface area contributed by atoms with Crippen molar-refractivity contribution < 1.29 is 19.0 Å². The second-order valence-corrected chi connectivity index (χ2v) is 6.08. The van der Waals surface area contributed by atoms with E-state index in [0.717, 1.165) is 16.5 Å². The topological polar surface area (TPSA) is 72.6 Å². The smallest absolute Gasteiger partial charge is 0.228 e. The fourth-order valence-corrected chi connectivity index (χ4v) is 3.00. The zero-order valence-electron chi connectivity index (χ0n) is 14.7. The number of carbonyl (C=O) groups excluding carboxylic acids is 1. The molecule has 0 saturated heterocycles. The summed E-state index contributed by atoms with van der Waals surface area (Å²) in [7, 11) is 4.58. The van der Waals surface area contributed by atoms with E-state index in [1.165, 1.54) is 21.3 Å². The van der Waals surface area contributed by atoms with Crippen LogP contribution in [0.1, 0.15) is 5.56 Å². The van der Waals surface area contributed by atoms with Crippen LogP contribution in [0.4, 0.5) is 5.69 Å². The van der Waals surface area contributed by atoms with Crippen LogP contribution in [0.3, 0.4) is 0 Å². The summed E-state index contributed by atoms with van der Waals surface area (Å²) in [5.41, 5.74) is 2.36. The number of rotatable bonds is 6. The van der Waals surface area contributed by atoms with Crippen LogP contribution >= 0.6 is 11.6 Å². The van der Waals surface area contributed by atoms with Crippen molar-refractivity contribution in [2.75, 3.05) is 26.6 Å². The number of nitrogens with one attached hydrogen (secondary N) is 2. The predicted molar refractivity (Wildman–Crippen MR) is 102 cm³/mol. The number of aromatic nitrogens is 1. The molecule has 0 saturated carbocycles. The van der Waals surface area contributed by atoms with Gasteiger partial charge in [-0.1, -0.05) is 11.6 Å². The van der Waals surface area contributed by atoms with E-state index < -0.39 is 0 Å². The lowest BCUT2D eigenvalue weighted by Gasteiger charge is -2.14.